The number of carboxylic acid groups (broad SMARTS) is 1. The first-order chi connectivity index (χ1) is 13.5. The lowest BCUT2D eigenvalue weighted by Gasteiger charge is -2.33. The van der Waals surface area contributed by atoms with E-state index in [4.69, 9.17) is 11.7 Å². The number of benzene rings is 1. The SMILES string of the molecule is [C-]#[N+]c1cnc(C(=O)Nc2ccc(/C=C/C(=O)O)cc2N2CCC(C)CC2)[nH]1. The Balaban J connectivity index is 1.88. The summed E-state index contributed by atoms with van der Waals surface area (Å²) >= 11 is 0. The number of imidazole rings is 1. The van der Waals surface area contributed by atoms with Crippen molar-refractivity contribution in [2.45, 2.75) is 19.8 Å². The summed E-state index contributed by atoms with van der Waals surface area (Å²) in [7, 11) is 0. The van der Waals surface area contributed by atoms with Crippen molar-refractivity contribution in [3.8, 4) is 0 Å². The number of aliphatic carboxylic acids is 1. The number of carboxylic acids is 1. The van der Waals surface area contributed by atoms with Crippen LogP contribution in [0.3, 0.4) is 0 Å². The van der Waals surface area contributed by atoms with Crippen molar-refractivity contribution in [1.29, 1.82) is 0 Å². The van der Waals surface area contributed by atoms with E-state index in [9.17, 15) is 9.59 Å². The van der Waals surface area contributed by atoms with E-state index in [0.717, 1.165) is 43.3 Å². The second kappa shape index (κ2) is 8.39. The number of carbonyl (C=O) groups is 2. The Bertz CT molecular complexity index is 949. The number of hydrogen-bond donors (Lipinski definition) is 3. The highest BCUT2D eigenvalue weighted by Crippen LogP contribution is 2.31. The zero-order chi connectivity index (χ0) is 20.1. The van der Waals surface area contributed by atoms with Crippen LogP contribution in [0, 0.1) is 12.5 Å². The smallest absolute Gasteiger partial charge is 0.328 e. The lowest BCUT2D eigenvalue weighted by Crippen LogP contribution is -2.33. The molecule has 3 N–H and O–H groups in total. The van der Waals surface area contributed by atoms with Crippen LogP contribution in [-0.4, -0.2) is 40.0 Å². The quantitative estimate of drug-likeness (QED) is 0.545. The monoisotopic (exact) mass is 379 g/mol. The molecule has 8 heteroatoms. The van der Waals surface area contributed by atoms with Crippen molar-refractivity contribution in [1.82, 2.24) is 9.97 Å². The fourth-order valence-electron chi connectivity index (χ4n) is 3.10. The van der Waals surface area contributed by atoms with E-state index in [2.05, 4.69) is 32.0 Å². The number of carbonyl (C=O) groups excluding carboxylic acids is 1. The zero-order valence-electron chi connectivity index (χ0n) is 15.5. The molecule has 2 aromatic rings. The largest absolute Gasteiger partial charge is 0.478 e. The number of rotatable bonds is 5. The summed E-state index contributed by atoms with van der Waals surface area (Å²) in [5.74, 6) is -0.530. The number of aromatic nitrogens is 2. The minimum Gasteiger partial charge on any atom is -0.478 e. The molecule has 0 radical (unpaired) electrons. The molecule has 3 rings (SSSR count). The average Bonchev–Trinajstić information content (AvgIpc) is 3.17. The summed E-state index contributed by atoms with van der Waals surface area (Å²) in [5, 5.41) is 11.7. The van der Waals surface area contributed by atoms with Gasteiger partial charge in [0.05, 0.1) is 17.6 Å². The number of H-pyrrole nitrogens is 1. The molecule has 1 aromatic carbocycles. The molecule has 0 atom stereocenters. The lowest BCUT2D eigenvalue weighted by atomic mass is 9.98. The van der Waals surface area contributed by atoms with Crippen LogP contribution >= 0.6 is 0 Å². The van der Waals surface area contributed by atoms with Gasteiger partial charge in [0.2, 0.25) is 5.82 Å². The topological polar surface area (TPSA) is 103 Å². The Hall–Kier alpha value is -3.60. The average molecular weight is 379 g/mol. The van der Waals surface area contributed by atoms with Gasteiger partial charge < -0.3 is 20.2 Å². The molecular weight excluding hydrogens is 358 g/mol. The van der Waals surface area contributed by atoms with Crippen molar-refractivity contribution >= 4 is 35.1 Å². The minimum absolute atomic E-state index is 0.0686. The van der Waals surface area contributed by atoms with E-state index in [1.807, 2.05) is 6.07 Å². The number of amides is 1. The number of nitrogens with zero attached hydrogens (tertiary/aromatic N) is 3. The third-order valence-corrected chi connectivity index (χ3v) is 4.71. The number of hydrogen-bond acceptors (Lipinski definition) is 4. The van der Waals surface area contributed by atoms with Crippen LogP contribution in [-0.2, 0) is 4.79 Å². The minimum atomic E-state index is -1.01. The number of aromatic amines is 1. The maximum atomic E-state index is 12.5. The van der Waals surface area contributed by atoms with Gasteiger partial charge in [0.15, 0.2) is 0 Å². The van der Waals surface area contributed by atoms with Crippen LogP contribution in [0.5, 0.6) is 0 Å². The third-order valence-electron chi connectivity index (χ3n) is 4.71. The highest BCUT2D eigenvalue weighted by Gasteiger charge is 2.21. The molecule has 0 saturated carbocycles. The summed E-state index contributed by atoms with van der Waals surface area (Å²) in [6, 6.07) is 5.38. The molecule has 1 saturated heterocycles. The summed E-state index contributed by atoms with van der Waals surface area (Å²) in [6.45, 7) is 10.9. The molecule has 1 fully saturated rings. The van der Waals surface area contributed by atoms with Crippen molar-refractivity contribution in [2.24, 2.45) is 5.92 Å². The Morgan fingerprint density at radius 2 is 2.14 bits per heavy atom. The molecule has 0 aliphatic carbocycles. The van der Waals surface area contributed by atoms with Crippen LogP contribution in [0.15, 0.2) is 30.5 Å². The first kappa shape index (κ1) is 19.2. The molecule has 0 spiro atoms. The van der Waals surface area contributed by atoms with Gasteiger partial charge in [-0.3, -0.25) is 9.78 Å². The lowest BCUT2D eigenvalue weighted by molar-refractivity contribution is -0.131. The molecule has 0 bridgehead atoms. The second-order valence-electron chi connectivity index (χ2n) is 6.80. The van der Waals surface area contributed by atoms with Crippen LogP contribution in [0.2, 0.25) is 0 Å². The summed E-state index contributed by atoms with van der Waals surface area (Å²) in [5.41, 5.74) is 2.19. The molecule has 1 aliphatic rings. The fourth-order valence-corrected chi connectivity index (χ4v) is 3.10. The molecule has 2 heterocycles. The molecule has 1 aromatic heterocycles. The normalized spacial score (nSPS) is 14.8. The van der Waals surface area contributed by atoms with Gasteiger partial charge in [-0.1, -0.05) is 19.6 Å². The number of nitrogens with one attached hydrogen (secondary N) is 2. The van der Waals surface area contributed by atoms with Gasteiger partial charge in [0.25, 0.3) is 5.82 Å². The maximum Gasteiger partial charge on any atom is 0.328 e. The van der Waals surface area contributed by atoms with Gasteiger partial charge >= 0.3 is 11.9 Å². The van der Waals surface area contributed by atoms with Gasteiger partial charge in [0.1, 0.15) is 0 Å². The Labute approximate surface area is 162 Å². The molecule has 28 heavy (non-hydrogen) atoms. The molecular formula is C20H21N5O3. The molecule has 8 nitrogen and oxygen atoms in total. The van der Waals surface area contributed by atoms with Crippen LogP contribution < -0.4 is 10.2 Å². The molecule has 0 unspecified atom stereocenters. The van der Waals surface area contributed by atoms with Gasteiger partial charge in [-0.05, 0) is 42.5 Å². The van der Waals surface area contributed by atoms with E-state index >= 15 is 0 Å². The van der Waals surface area contributed by atoms with Crippen molar-refractivity contribution in [2.75, 3.05) is 23.3 Å². The number of anilines is 2. The summed E-state index contributed by atoms with van der Waals surface area (Å²) < 4.78 is 0. The van der Waals surface area contributed by atoms with E-state index in [1.165, 1.54) is 12.3 Å². The Morgan fingerprint density at radius 3 is 2.79 bits per heavy atom. The van der Waals surface area contributed by atoms with E-state index in [1.54, 1.807) is 12.1 Å². The summed E-state index contributed by atoms with van der Waals surface area (Å²) in [6.07, 6.45) is 6.03. The first-order valence-electron chi connectivity index (χ1n) is 9.00. The number of piperidine rings is 1. The Kier molecular flexibility index (Phi) is 5.75. The van der Waals surface area contributed by atoms with Gasteiger partial charge in [-0.2, -0.15) is 0 Å². The second-order valence-corrected chi connectivity index (χ2v) is 6.80. The molecule has 1 amide bonds. The molecule has 1 aliphatic heterocycles. The maximum absolute atomic E-state index is 12.5. The van der Waals surface area contributed by atoms with Crippen LogP contribution in [0.25, 0.3) is 10.9 Å². The Morgan fingerprint density at radius 1 is 1.39 bits per heavy atom. The van der Waals surface area contributed by atoms with Crippen LogP contribution in [0.4, 0.5) is 17.2 Å². The highest BCUT2D eigenvalue weighted by molar-refractivity contribution is 6.04. The molecule has 144 valence electrons. The van der Waals surface area contributed by atoms with Crippen molar-refractivity contribution in [3.63, 3.8) is 0 Å². The fraction of sp³-hybridized carbons (Fsp3) is 0.300. The van der Waals surface area contributed by atoms with Crippen molar-refractivity contribution < 1.29 is 14.7 Å². The van der Waals surface area contributed by atoms with Crippen LogP contribution in [0.1, 0.15) is 35.9 Å². The van der Waals surface area contributed by atoms with Gasteiger partial charge in [-0.25, -0.2) is 9.78 Å². The predicted molar refractivity (Wildman–Crippen MR) is 107 cm³/mol. The van der Waals surface area contributed by atoms with E-state index < -0.39 is 11.9 Å². The van der Waals surface area contributed by atoms with E-state index in [-0.39, 0.29) is 11.6 Å². The zero-order valence-corrected chi connectivity index (χ0v) is 15.5. The summed E-state index contributed by atoms with van der Waals surface area (Å²) in [4.78, 5) is 35.3. The predicted octanol–water partition coefficient (Wildman–Crippen LogP) is 3.55. The standard InChI is InChI=1S/C20H21N5O3/c1-13-7-9-25(10-8-13)16-11-14(4-6-18(26)27)3-5-15(16)23-20(28)19-22-12-17(21-2)24-19/h3-6,11-13H,7-10H2,1H3,(H,22,24)(H,23,28)(H,26,27)/b6-4+. The first-order valence-corrected chi connectivity index (χ1v) is 9.00. The highest BCUT2D eigenvalue weighted by atomic mass is 16.4. The van der Waals surface area contributed by atoms with Gasteiger partial charge in [0, 0.05) is 19.2 Å². The van der Waals surface area contributed by atoms with E-state index in [0.29, 0.717) is 11.6 Å². The van der Waals surface area contributed by atoms with Gasteiger partial charge in [-0.15, -0.1) is 0 Å². The van der Waals surface area contributed by atoms with Crippen molar-refractivity contribution in [3.05, 3.63) is 53.3 Å². The third kappa shape index (κ3) is 4.57.